The Morgan fingerprint density at radius 2 is 1.86 bits per heavy atom. The predicted octanol–water partition coefficient (Wildman–Crippen LogP) is 3.53. The van der Waals surface area contributed by atoms with E-state index in [1.54, 1.807) is 30.3 Å². The molecular formula is C16H18N2O2S. The van der Waals surface area contributed by atoms with Crippen molar-refractivity contribution in [2.45, 2.75) is 26.3 Å². The van der Waals surface area contributed by atoms with Gasteiger partial charge in [0, 0.05) is 17.3 Å². The van der Waals surface area contributed by atoms with Crippen molar-refractivity contribution in [2.75, 3.05) is 5.32 Å². The normalized spacial score (nSPS) is 11.7. The van der Waals surface area contributed by atoms with Crippen molar-refractivity contribution >= 4 is 28.8 Å². The van der Waals surface area contributed by atoms with Crippen LogP contribution in [0.5, 0.6) is 0 Å². The van der Waals surface area contributed by atoms with Crippen molar-refractivity contribution in [1.82, 2.24) is 5.32 Å². The molecule has 2 N–H and O–H groups in total. The molecule has 2 rings (SSSR count). The molecule has 4 nitrogen and oxygen atoms in total. The minimum absolute atomic E-state index is 0.0968. The summed E-state index contributed by atoms with van der Waals surface area (Å²) in [5.41, 5.74) is 1.26. The second kappa shape index (κ2) is 7.04. The van der Waals surface area contributed by atoms with E-state index in [0.717, 1.165) is 6.42 Å². The fourth-order valence-electron chi connectivity index (χ4n) is 1.71. The molecule has 5 heteroatoms. The topological polar surface area (TPSA) is 58.2 Å². The van der Waals surface area contributed by atoms with Crippen molar-refractivity contribution in [3.63, 3.8) is 0 Å². The molecule has 0 radical (unpaired) electrons. The molecule has 1 aromatic heterocycles. The molecule has 0 bridgehead atoms. The maximum absolute atomic E-state index is 11.9. The SMILES string of the molecule is CC[C@H](C)NC(=O)c1ccc(NC(=O)c2cccs2)cc1. The first-order valence-corrected chi connectivity index (χ1v) is 7.74. The number of nitrogens with one attached hydrogen (secondary N) is 2. The molecule has 1 atom stereocenters. The Bertz CT molecular complexity index is 606. The van der Waals surface area contributed by atoms with Crippen LogP contribution in [0.25, 0.3) is 0 Å². The van der Waals surface area contributed by atoms with Crippen LogP contribution in [-0.2, 0) is 0 Å². The molecule has 0 fully saturated rings. The number of rotatable bonds is 5. The summed E-state index contributed by atoms with van der Waals surface area (Å²) in [7, 11) is 0. The van der Waals surface area contributed by atoms with Crippen LogP contribution in [-0.4, -0.2) is 17.9 Å². The van der Waals surface area contributed by atoms with E-state index in [0.29, 0.717) is 16.1 Å². The highest BCUT2D eigenvalue weighted by Crippen LogP contribution is 2.14. The van der Waals surface area contributed by atoms with E-state index in [1.165, 1.54) is 11.3 Å². The third-order valence-electron chi connectivity index (χ3n) is 3.14. The van der Waals surface area contributed by atoms with E-state index in [9.17, 15) is 9.59 Å². The summed E-state index contributed by atoms with van der Waals surface area (Å²) >= 11 is 1.39. The second-order valence-corrected chi connectivity index (χ2v) is 5.74. The second-order valence-electron chi connectivity index (χ2n) is 4.79. The van der Waals surface area contributed by atoms with Gasteiger partial charge >= 0.3 is 0 Å². The summed E-state index contributed by atoms with van der Waals surface area (Å²) in [6.07, 6.45) is 0.890. The summed E-state index contributed by atoms with van der Waals surface area (Å²) in [6.45, 7) is 3.99. The van der Waals surface area contributed by atoms with Gasteiger partial charge in [0.25, 0.3) is 11.8 Å². The van der Waals surface area contributed by atoms with Crippen molar-refractivity contribution < 1.29 is 9.59 Å². The summed E-state index contributed by atoms with van der Waals surface area (Å²) in [4.78, 5) is 24.5. The standard InChI is InChI=1S/C16H18N2O2S/c1-3-11(2)17-15(19)12-6-8-13(9-7-12)18-16(20)14-5-4-10-21-14/h4-11H,3H2,1-2H3,(H,17,19)(H,18,20)/t11-/m0/s1. The molecule has 2 aromatic rings. The number of hydrogen-bond donors (Lipinski definition) is 2. The summed E-state index contributed by atoms with van der Waals surface area (Å²) in [5, 5.41) is 7.56. The molecule has 110 valence electrons. The zero-order valence-corrected chi connectivity index (χ0v) is 12.9. The Morgan fingerprint density at radius 3 is 2.43 bits per heavy atom. The van der Waals surface area contributed by atoms with E-state index >= 15 is 0 Å². The number of carbonyl (C=O) groups excluding carboxylic acids is 2. The highest BCUT2D eigenvalue weighted by Gasteiger charge is 2.10. The summed E-state index contributed by atoms with van der Waals surface area (Å²) < 4.78 is 0. The van der Waals surface area contributed by atoms with Crippen molar-refractivity contribution in [3.8, 4) is 0 Å². The first-order valence-electron chi connectivity index (χ1n) is 6.86. The van der Waals surface area contributed by atoms with Crippen molar-refractivity contribution in [1.29, 1.82) is 0 Å². The third-order valence-corrected chi connectivity index (χ3v) is 4.01. The van der Waals surface area contributed by atoms with E-state index in [2.05, 4.69) is 10.6 Å². The van der Waals surface area contributed by atoms with Gasteiger partial charge in [0.05, 0.1) is 4.88 Å². The lowest BCUT2D eigenvalue weighted by molar-refractivity contribution is 0.0938. The summed E-state index contributed by atoms with van der Waals surface area (Å²) in [5.74, 6) is -0.234. The number of hydrogen-bond acceptors (Lipinski definition) is 3. The van der Waals surface area contributed by atoms with Gasteiger partial charge in [-0.2, -0.15) is 0 Å². The number of anilines is 1. The fraction of sp³-hybridized carbons (Fsp3) is 0.250. The molecule has 0 saturated carbocycles. The van der Waals surface area contributed by atoms with Gasteiger partial charge in [-0.3, -0.25) is 9.59 Å². The molecule has 21 heavy (non-hydrogen) atoms. The van der Waals surface area contributed by atoms with Crippen LogP contribution in [0.4, 0.5) is 5.69 Å². The molecule has 2 amide bonds. The zero-order chi connectivity index (χ0) is 15.2. The van der Waals surface area contributed by atoms with Crippen LogP contribution in [0.1, 0.15) is 40.3 Å². The molecular weight excluding hydrogens is 284 g/mol. The Balaban J connectivity index is 1.99. The number of thiophene rings is 1. The van der Waals surface area contributed by atoms with E-state index in [-0.39, 0.29) is 17.9 Å². The van der Waals surface area contributed by atoms with Crippen LogP contribution in [0.15, 0.2) is 41.8 Å². The molecule has 0 unspecified atom stereocenters. The Labute approximate surface area is 128 Å². The minimum Gasteiger partial charge on any atom is -0.350 e. The Kier molecular flexibility index (Phi) is 5.11. The first kappa shape index (κ1) is 15.3. The van der Waals surface area contributed by atoms with E-state index in [1.807, 2.05) is 25.3 Å². The average Bonchev–Trinajstić information content (AvgIpc) is 3.02. The molecule has 0 aliphatic rings. The molecule has 0 aliphatic carbocycles. The predicted molar refractivity (Wildman–Crippen MR) is 85.9 cm³/mol. The van der Waals surface area contributed by atoms with Gasteiger partial charge in [0.2, 0.25) is 0 Å². The van der Waals surface area contributed by atoms with Gasteiger partial charge in [-0.25, -0.2) is 0 Å². The van der Waals surface area contributed by atoms with Crippen LogP contribution in [0.2, 0.25) is 0 Å². The quantitative estimate of drug-likeness (QED) is 0.887. The maximum Gasteiger partial charge on any atom is 0.265 e. The Morgan fingerprint density at radius 1 is 1.14 bits per heavy atom. The number of amides is 2. The van der Waals surface area contributed by atoms with E-state index in [4.69, 9.17) is 0 Å². The van der Waals surface area contributed by atoms with Gasteiger partial charge in [-0.1, -0.05) is 13.0 Å². The number of benzene rings is 1. The van der Waals surface area contributed by atoms with Crippen LogP contribution in [0, 0.1) is 0 Å². The van der Waals surface area contributed by atoms with Crippen molar-refractivity contribution in [2.24, 2.45) is 0 Å². The smallest absolute Gasteiger partial charge is 0.265 e. The monoisotopic (exact) mass is 302 g/mol. The van der Waals surface area contributed by atoms with Gasteiger partial charge in [0.15, 0.2) is 0 Å². The lowest BCUT2D eigenvalue weighted by atomic mass is 10.1. The third kappa shape index (κ3) is 4.16. The van der Waals surface area contributed by atoms with Crippen molar-refractivity contribution in [3.05, 3.63) is 52.2 Å². The van der Waals surface area contributed by atoms with Crippen LogP contribution in [0.3, 0.4) is 0 Å². The van der Waals surface area contributed by atoms with Crippen LogP contribution < -0.4 is 10.6 Å². The average molecular weight is 302 g/mol. The van der Waals surface area contributed by atoms with E-state index < -0.39 is 0 Å². The molecule has 0 saturated heterocycles. The fourth-order valence-corrected chi connectivity index (χ4v) is 2.33. The summed E-state index contributed by atoms with van der Waals surface area (Å²) in [6, 6.07) is 10.6. The highest BCUT2D eigenvalue weighted by atomic mass is 32.1. The highest BCUT2D eigenvalue weighted by molar-refractivity contribution is 7.12. The molecule has 1 aromatic carbocycles. The Hall–Kier alpha value is -2.14. The largest absolute Gasteiger partial charge is 0.350 e. The number of carbonyl (C=O) groups is 2. The minimum atomic E-state index is -0.137. The first-order chi connectivity index (χ1) is 10.1. The molecule has 1 heterocycles. The van der Waals surface area contributed by atoms with Gasteiger partial charge < -0.3 is 10.6 Å². The van der Waals surface area contributed by atoms with Gasteiger partial charge in [0.1, 0.15) is 0 Å². The zero-order valence-electron chi connectivity index (χ0n) is 12.1. The van der Waals surface area contributed by atoms with Crippen LogP contribution >= 0.6 is 11.3 Å². The molecule has 0 aliphatic heterocycles. The molecule has 0 spiro atoms. The van der Waals surface area contributed by atoms with Gasteiger partial charge in [-0.15, -0.1) is 11.3 Å². The maximum atomic E-state index is 11.9. The lowest BCUT2D eigenvalue weighted by Gasteiger charge is -2.11. The lowest BCUT2D eigenvalue weighted by Crippen LogP contribution is -2.31. The van der Waals surface area contributed by atoms with Gasteiger partial charge in [-0.05, 0) is 49.1 Å².